The lowest BCUT2D eigenvalue weighted by Crippen LogP contribution is -2.19. The van der Waals surface area contributed by atoms with Gasteiger partial charge in [-0.3, -0.25) is 19.8 Å². The second-order valence-corrected chi connectivity index (χ2v) is 5.19. The van der Waals surface area contributed by atoms with Crippen molar-refractivity contribution in [3.8, 4) is 5.75 Å². The fourth-order valence-corrected chi connectivity index (χ4v) is 2.49. The first-order valence-electron chi connectivity index (χ1n) is 7.41. The first-order valence-corrected chi connectivity index (χ1v) is 7.41. The van der Waals surface area contributed by atoms with Gasteiger partial charge in [0.2, 0.25) is 0 Å². The minimum atomic E-state index is -0.690. The molecular formula is C18H15N3O4. The Morgan fingerprint density at radius 2 is 1.88 bits per heavy atom. The van der Waals surface area contributed by atoms with Crippen LogP contribution in [-0.4, -0.2) is 29.1 Å². The van der Waals surface area contributed by atoms with E-state index in [1.807, 2.05) is 12.1 Å². The van der Waals surface area contributed by atoms with Crippen LogP contribution in [0.1, 0.15) is 20.7 Å². The van der Waals surface area contributed by atoms with Crippen molar-refractivity contribution in [2.75, 3.05) is 12.4 Å². The maximum absolute atomic E-state index is 12.7. The zero-order valence-electron chi connectivity index (χ0n) is 13.3. The number of rotatable bonds is 4. The lowest BCUT2D eigenvalue weighted by atomic mass is 10.1. The molecule has 0 aliphatic rings. The van der Waals surface area contributed by atoms with Crippen LogP contribution in [0.3, 0.4) is 0 Å². The highest BCUT2D eigenvalue weighted by Crippen LogP contribution is 2.27. The Balaban J connectivity index is 1.98. The molecule has 0 spiro atoms. The molecular weight excluding hydrogens is 322 g/mol. The molecule has 3 N–H and O–H groups in total. The molecule has 0 saturated carbocycles. The molecule has 0 fully saturated rings. The number of carbonyl (C=O) groups is 2. The zero-order chi connectivity index (χ0) is 17.8. The van der Waals surface area contributed by atoms with Gasteiger partial charge in [-0.05, 0) is 30.3 Å². The fraction of sp³-hybridized carbons (Fsp3) is 0.0556. The van der Waals surface area contributed by atoms with E-state index in [2.05, 4.69) is 10.3 Å². The first-order chi connectivity index (χ1) is 12.1. The highest BCUT2D eigenvalue weighted by atomic mass is 16.5. The average molecular weight is 337 g/mol. The number of hydrogen-bond donors (Lipinski definition) is 3. The van der Waals surface area contributed by atoms with Crippen LogP contribution >= 0.6 is 0 Å². The Bertz CT molecular complexity index is 951. The normalized spacial score (nSPS) is 10.3. The molecule has 126 valence electrons. The lowest BCUT2D eigenvalue weighted by molar-refractivity contribution is 0.0706. The third-order valence-electron chi connectivity index (χ3n) is 3.69. The van der Waals surface area contributed by atoms with Crippen molar-refractivity contribution in [2.45, 2.75) is 0 Å². The summed E-state index contributed by atoms with van der Waals surface area (Å²) in [6.45, 7) is 0. The number of carbonyl (C=O) groups excluding carboxylic acids is 2. The standard InChI is InChI=1S/C18H15N3O4/c1-25-15-8-7-12(17(22)21-24)10-14(15)20-18(23)13-6-2-4-11-5-3-9-19-16(11)13/h2-10,24H,1H3,(H,20,23)(H,21,22). The van der Waals surface area contributed by atoms with E-state index in [9.17, 15) is 9.59 Å². The van der Waals surface area contributed by atoms with E-state index in [1.165, 1.54) is 25.3 Å². The van der Waals surface area contributed by atoms with E-state index in [0.29, 0.717) is 22.5 Å². The predicted octanol–water partition coefficient (Wildman–Crippen LogP) is 2.61. The summed E-state index contributed by atoms with van der Waals surface area (Å²) in [5.74, 6) is -0.690. The fourth-order valence-electron chi connectivity index (χ4n) is 2.49. The molecule has 25 heavy (non-hydrogen) atoms. The highest BCUT2D eigenvalue weighted by Gasteiger charge is 2.15. The maximum atomic E-state index is 12.7. The number of pyridine rings is 1. The molecule has 1 heterocycles. The third-order valence-corrected chi connectivity index (χ3v) is 3.69. The molecule has 0 saturated heterocycles. The van der Waals surface area contributed by atoms with Crippen LogP contribution in [0, 0.1) is 0 Å². The van der Waals surface area contributed by atoms with Gasteiger partial charge < -0.3 is 10.1 Å². The van der Waals surface area contributed by atoms with Gasteiger partial charge in [0.15, 0.2) is 0 Å². The summed E-state index contributed by atoms with van der Waals surface area (Å²) in [5, 5.41) is 12.3. The Morgan fingerprint density at radius 1 is 1.08 bits per heavy atom. The van der Waals surface area contributed by atoms with Gasteiger partial charge in [0.05, 0.1) is 23.9 Å². The predicted molar refractivity (Wildman–Crippen MR) is 91.9 cm³/mol. The molecule has 0 radical (unpaired) electrons. The number of ether oxygens (including phenoxy) is 1. The van der Waals surface area contributed by atoms with E-state index in [4.69, 9.17) is 9.94 Å². The van der Waals surface area contributed by atoms with Crippen molar-refractivity contribution in [3.05, 3.63) is 65.9 Å². The third kappa shape index (κ3) is 3.26. The van der Waals surface area contributed by atoms with Crippen LogP contribution in [0.15, 0.2) is 54.7 Å². The van der Waals surface area contributed by atoms with Crippen molar-refractivity contribution in [1.82, 2.24) is 10.5 Å². The van der Waals surface area contributed by atoms with Crippen molar-refractivity contribution in [2.24, 2.45) is 0 Å². The van der Waals surface area contributed by atoms with Crippen molar-refractivity contribution in [3.63, 3.8) is 0 Å². The molecule has 7 nitrogen and oxygen atoms in total. The largest absolute Gasteiger partial charge is 0.495 e. The molecule has 0 bridgehead atoms. The quantitative estimate of drug-likeness (QED) is 0.502. The minimum Gasteiger partial charge on any atom is -0.495 e. The number of nitrogens with one attached hydrogen (secondary N) is 2. The van der Waals surface area contributed by atoms with E-state index in [0.717, 1.165) is 5.39 Å². The Morgan fingerprint density at radius 3 is 2.64 bits per heavy atom. The van der Waals surface area contributed by atoms with E-state index < -0.39 is 5.91 Å². The van der Waals surface area contributed by atoms with Crippen LogP contribution in [-0.2, 0) is 0 Å². The first kappa shape index (κ1) is 16.4. The van der Waals surface area contributed by atoms with Gasteiger partial charge in [-0.2, -0.15) is 0 Å². The number of aromatic nitrogens is 1. The molecule has 3 aromatic rings. The summed E-state index contributed by atoms with van der Waals surface area (Å²) < 4.78 is 5.21. The van der Waals surface area contributed by atoms with Crippen LogP contribution < -0.4 is 15.5 Å². The van der Waals surface area contributed by atoms with Crippen molar-refractivity contribution < 1.29 is 19.5 Å². The van der Waals surface area contributed by atoms with Crippen LogP contribution in [0.25, 0.3) is 10.9 Å². The molecule has 2 aromatic carbocycles. The number of methoxy groups -OCH3 is 1. The Labute approximate surface area is 143 Å². The van der Waals surface area contributed by atoms with Crippen LogP contribution in [0.5, 0.6) is 5.75 Å². The summed E-state index contributed by atoms with van der Waals surface area (Å²) in [6.07, 6.45) is 1.62. The molecule has 0 atom stereocenters. The molecule has 3 rings (SSSR count). The molecule has 0 aliphatic heterocycles. The monoisotopic (exact) mass is 337 g/mol. The Kier molecular flexibility index (Phi) is 4.58. The van der Waals surface area contributed by atoms with Gasteiger partial charge in [-0.25, -0.2) is 5.48 Å². The van der Waals surface area contributed by atoms with Gasteiger partial charge in [0.1, 0.15) is 5.75 Å². The number of hydroxylamine groups is 1. The van der Waals surface area contributed by atoms with E-state index in [-0.39, 0.29) is 11.5 Å². The number of anilines is 1. The number of nitrogens with zero attached hydrogens (tertiary/aromatic N) is 1. The topological polar surface area (TPSA) is 101 Å². The van der Waals surface area contributed by atoms with Gasteiger partial charge in [0, 0.05) is 17.1 Å². The van der Waals surface area contributed by atoms with E-state index in [1.54, 1.807) is 29.9 Å². The number of fused-ring (bicyclic) bond motifs is 1. The molecule has 2 amide bonds. The molecule has 0 unspecified atom stereocenters. The number of hydrogen-bond acceptors (Lipinski definition) is 5. The smallest absolute Gasteiger partial charge is 0.274 e. The molecule has 0 aliphatic carbocycles. The summed E-state index contributed by atoms with van der Waals surface area (Å²) in [6, 6.07) is 13.4. The highest BCUT2D eigenvalue weighted by molar-refractivity contribution is 6.12. The minimum absolute atomic E-state index is 0.176. The molecule has 1 aromatic heterocycles. The zero-order valence-corrected chi connectivity index (χ0v) is 13.3. The van der Waals surface area contributed by atoms with Crippen LogP contribution in [0.2, 0.25) is 0 Å². The SMILES string of the molecule is COc1ccc(C(=O)NO)cc1NC(=O)c1cccc2cccnc12. The molecule has 7 heteroatoms. The maximum Gasteiger partial charge on any atom is 0.274 e. The van der Waals surface area contributed by atoms with Crippen LogP contribution in [0.4, 0.5) is 5.69 Å². The lowest BCUT2D eigenvalue weighted by Gasteiger charge is -2.12. The number of para-hydroxylation sites is 1. The van der Waals surface area contributed by atoms with Gasteiger partial charge >= 0.3 is 0 Å². The second kappa shape index (κ2) is 6.98. The summed E-state index contributed by atoms with van der Waals surface area (Å²) in [4.78, 5) is 28.5. The second-order valence-electron chi connectivity index (χ2n) is 5.19. The summed E-state index contributed by atoms with van der Waals surface area (Å²) in [7, 11) is 1.45. The summed E-state index contributed by atoms with van der Waals surface area (Å²) >= 11 is 0. The van der Waals surface area contributed by atoms with Crippen molar-refractivity contribution >= 4 is 28.4 Å². The van der Waals surface area contributed by atoms with Crippen molar-refractivity contribution in [1.29, 1.82) is 0 Å². The summed E-state index contributed by atoms with van der Waals surface area (Å²) in [5.41, 5.74) is 3.01. The number of amides is 2. The van der Waals surface area contributed by atoms with Gasteiger partial charge in [0.25, 0.3) is 11.8 Å². The van der Waals surface area contributed by atoms with E-state index >= 15 is 0 Å². The van der Waals surface area contributed by atoms with Gasteiger partial charge in [-0.15, -0.1) is 0 Å². The number of benzene rings is 2. The average Bonchev–Trinajstić information content (AvgIpc) is 2.66. The van der Waals surface area contributed by atoms with Gasteiger partial charge in [-0.1, -0.05) is 18.2 Å². The Hall–Kier alpha value is -3.45.